The minimum Gasteiger partial charge on any atom is -0.322 e. The lowest BCUT2D eigenvalue weighted by Gasteiger charge is -2.07. The van der Waals surface area contributed by atoms with Crippen molar-refractivity contribution in [2.75, 3.05) is 5.32 Å². The Morgan fingerprint density at radius 2 is 1.95 bits per heavy atom. The van der Waals surface area contributed by atoms with E-state index in [9.17, 15) is 4.79 Å². The fourth-order valence-corrected chi connectivity index (χ4v) is 2.94. The number of hydrogen-bond donors (Lipinski definition) is 1. The van der Waals surface area contributed by atoms with Crippen molar-refractivity contribution in [3.8, 4) is 11.1 Å². The van der Waals surface area contributed by atoms with E-state index in [-0.39, 0.29) is 5.91 Å². The summed E-state index contributed by atoms with van der Waals surface area (Å²) in [6.45, 7) is 0. The Morgan fingerprint density at radius 3 is 2.77 bits per heavy atom. The molecule has 1 N–H and O–H groups in total. The first-order chi connectivity index (χ1) is 10.7. The average molecular weight is 289 g/mol. The van der Waals surface area contributed by atoms with Crippen LogP contribution in [0.15, 0.2) is 54.9 Å². The summed E-state index contributed by atoms with van der Waals surface area (Å²) in [5.74, 6) is -0.140. The van der Waals surface area contributed by atoms with Crippen LogP contribution in [0.25, 0.3) is 11.1 Å². The molecule has 1 aliphatic rings. The first kappa shape index (κ1) is 12.8. The normalized spacial score (nSPS) is 11.9. The van der Waals surface area contributed by atoms with Crippen LogP contribution < -0.4 is 5.32 Å². The van der Waals surface area contributed by atoms with Crippen molar-refractivity contribution in [3.63, 3.8) is 0 Å². The van der Waals surface area contributed by atoms with E-state index in [4.69, 9.17) is 0 Å². The summed E-state index contributed by atoms with van der Waals surface area (Å²) in [6.07, 6.45) is 4.23. The number of benzene rings is 2. The molecular formula is C18H15N3O. The molecule has 0 unspecified atom stereocenters. The van der Waals surface area contributed by atoms with Gasteiger partial charge in [0.2, 0.25) is 0 Å². The van der Waals surface area contributed by atoms with Gasteiger partial charge >= 0.3 is 0 Å². The number of carbonyl (C=O) groups is 1. The van der Waals surface area contributed by atoms with E-state index in [0.717, 1.165) is 12.1 Å². The minimum absolute atomic E-state index is 0.140. The number of anilines is 1. The lowest BCUT2D eigenvalue weighted by atomic mass is 10.1. The zero-order valence-electron chi connectivity index (χ0n) is 12.2. The van der Waals surface area contributed by atoms with Gasteiger partial charge in [-0.05, 0) is 40.8 Å². The molecule has 1 aliphatic carbocycles. The molecule has 1 amide bonds. The van der Waals surface area contributed by atoms with Crippen molar-refractivity contribution < 1.29 is 4.79 Å². The van der Waals surface area contributed by atoms with Crippen molar-refractivity contribution in [2.24, 2.45) is 7.05 Å². The molecule has 4 heteroatoms. The van der Waals surface area contributed by atoms with Gasteiger partial charge in [0, 0.05) is 18.9 Å². The van der Waals surface area contributed by atoms with E-state index in [1.54, 1.807) is 24.1 Å². The van der Waals surface area contributed by atoms with Crippen LogP contribution in [-0.2, 0) is 13.5 Å². The summed E-state index contributed by atoms with van der Waals surface area (Å²) in [7, 11) is 1.79. The quantitative estimate of drug-likeness (QED) is 0.616. The number of fused-ring (bicyclic) bond motifs is 3. The Labute approximate surface area is 128 Å². The third-order valence-corrected chi connectivity index (χ3v) is 4.02. The van der Waals surface area contributed by atoms with Crippen LogP contribution in [0.3, 0.4) is 0 Å². The third kappa shape index (κ3) is 2.09. The lowest BCUT2D eigenvalue weighted by molar-refractivity contribution is 0.102. The van der Waals surface area contributed by atoms with E-state index < -0.39 is 0 Å². The summed E-state index contributed by atoms with van der Waals surface area (Å²) in [5.41, 5.74) is 6.48. The number of aromatic nitrogens is 2. The third-order valence-electron chi connectivity index (χ3n) is 4.02. The molecule has 0 bridgehead atoms. The molecule has 22 heavy (non-hydrogen) atoms. The molecule has 108 valence electrons. The second-order valence-corrected chi connectivity index (χ2v) is 5.56. The number of aryl methyl sites for hydroxylation is 1. The van der Waals surface area contributed by atoms with E-state index >= 15 is 0 Å². The number of hydrogen-bond acceptors (Lipinski definition) is 2. The maximum Gasteiger partial charge on any atom is 0.258 e. The molecule has 0 aliphatic heterocycles. The standard InChI is InChI=1S/C18H15N3O/c1-21-11-14(10-19-21)18(22)20-15-7-6-13-8-12-4-2-3-5-16(12)17(13)9-15/h2-7,9-11H,8H2,1H3,(H,20,22). The van der Waals surface area contributed by atoms with Crippen molar-refractivity contribution in [1.29, 1.82) is 0 Å². The Hall–Kier alpha value is -2.88. The van der Waals surface area contributed by atoms with Crippen LogP contribution in [-0.4, -0.2) is 15.7 Å². The lowest BCUT2D eigenvalue weighted by Crippen LogP contribution is -2.11. The highest BCUT2D eigenvalue weighted by molar-refractivity contribution is 6.04. The smallest absolute Gasteiger partial charge is 0.258 e. The van der Waals surface area contributed by atoms with Crippen LogP contribution in [0.4, 0.5) is 5.69 Å². The van der Waals surface area contributed by atoms with Crippen molar-refractivity contribution >= 4 is 11.6 Å². The number of amides is 1. The number of carbonyl (C=O) groups excluding carboxylic acids is 1. The van der Waals surface area contributed by atoms with Gasteiger partial charge < -0.3 is 5.32 Å². The fraction of sp³-hybridized carbons (Fsp3) is 0.111. The molecule has 0 atom stereocenters. The Bertz CT molecular complexity index is 880. The monoisotopic (exact) mass is 289 g/mol. The SMILES string of the molecule is Cn1cc(C(=O)Nc2ccc3c(c2)-c2ccccc2C3)cn1. The first-order valence-electron chi connectivity index (χ1n) is 7.22. The Morgan fingerprint density at radius 1 is 1.14 bits per heavy atom. The average Bonchev–Trinajstić information content (AvgIpc) is 3.11. The largest absolute Gasteiger partial charge is 0.322 e. The molecule has 1 aromatic heterocycles. The molecule has 4 rings (SSSR count). The van der Waals surface area contributed by atoms with Gasteiger partial charge in [-0.1, -0.05) is 30.3 Å². The van der Waals surface area contributed by atoms with Crippen molar-refractivity contribution in [3.05, 3.63) is 71.5 Å². The van der Waals surface area contributed by atoms with Gasteiger partial charge in [-0.3, -0.25) is 9.48 Å². The van der Waals surface area contributed by atoms with E-state index in [0.29, 0.717) is 5.56 Å². The highest BCUT2D eigenvalue weighted by Gasteiger charge is 2.18. The predicted octanol–water partition coefficient (Wildman–Crippen LogP) is 3.24. The summed E-state index contributed by atoms with van der Waals surface area (Å²) in [6, 6.07) is 14.5. The molecule has 4 nitrogen and oxygen atoms in total. The van der Waals surface area contributed by atoms with Gasteiger partial charge in [-0.15, -0.1) is 0 Å². The molecule has 0 radical (unpaired) electrons. The summed E-state index contributed by atoms with van der Waals surface area (Å²) in [4.78, 5) is 12.2. The number of rotatable bonds is 2. The molecule has 0 saturated carbocycles. The van der Waals surface area contributed by atoms with Gasteiger partial charge in [0.05, 0.1) is 11.8 Å². The highest BCUT2D eigenvalue weighted by atomic mass is 16.1. The maximum atomic E-state index is 12.2. The molecule has 0 fully saturated rings. The van der Waals surface area contributed by atoms with Crippen LogP contribution in [0.2, 0.25) is 0 Å². The second-order valence-electron chi connectivity index (χ2n) is 5.56. The molecule has 1 heterocycles. The molecule has 2 aromatic carbocycles. The van der Waals surface area contributed by atoms with E-state index in [2.05, 4.69) is 46.8 Å². The second kappa shape index (κ2) is 4.84. The van der Waals surface area contributed by atoms with E-state index in [1.165, 1.54) is 22.3 Å². The first-order valence-corrected chi connectivity index (χ1v) is 7.22. The number of nitrogens with one attached hydrogen (secondary N) is 1. The van der Waals surface area contributed by atoms with Crippen LogP contribution in [0.5, 0.6) is 0 Å². The van der Waals surface area contributed by atoms with Crippen molar-refractivity contribution in [2.45, 2.75) is 6.42 Å². The van der Waals surface area contributed by atoms with E-state index in [1.807, 2.05) is 6.07 Å². The van der Waals surface area contributed by atoms with Gasteiger partial charge in [-0.25, -0.2) is 0 Å². The van der Waals surface area contributed by atoms with Crippen LogP contribution in [0, 0.1) is 0 Å². The summed E-state index contributed by atoms with van der Waals surface area (Å²) in [5, 5.41) is 6.96. The maximum absolute atomic E-state index is 12.2. The predicted molar refractivity (Wildman–Crippen MR) is 85.8 cm³/mol. The molecule has 0 saturated heterocycles. The molecule has 3 aromatic rings. The van der Waals surface area contributed by atoms with Crippen molar-refractivity contribution in [1.82, 2.24) is 9.78 Å². The Kier molecular flexibility index (Phi) is 2.82. The van der Waals surface area contributed by atoms with Gasteiger partial charge in [0.15, 0.2) is 0 Å². The van der Waals surface area contributed by atoms with Gasteiger partial charge in [0.1, 0.15) is 0 Å². The minimum atomic E-state index is -0.140. The fourth-order valence-electron chi connectivity index (χ4n) is 2.94. The van der Waals surface area contributed by atoms with Gasteiger partial charge in [0.25, 0.3) is 5.91 Å². The Balaban J connectivity index is 1.64. The van der Waals surface area contributed by atoms with Crippen LogP contribution >= 0.6 is 0 Å². The zero-order valence-corrected chi connectivity index (χ0v) is 12.2. The summed E-state index contributed by atoms with van der Waals surface area (Å²) >= 11 is 0. The summed E-state index contributed by atoms with van der Waals surface area (Å²) < 4.78 is 1.62. The zero-order chi connectivity index (χ0) is 15.1. The topological polar surface area (TPSA) is 46.9 Å². The molecule has 0 spiro atoms. The number of nitrogens with zero attached hydrogens (tertiary/aromatic N) is 2. The highest BCUT2D eigenvalue weighted by Crippen LogP contribution is 2.37. The molecular weight excluding hydrogens is 274 g/mol. The van der Waals surface area contributed by atoms with Crippen LogP contribution in [0.1, 0.15) is 21.5 Å². The van der Waals surface area contributed by atoms with Gasteiger partial charge in [-0.2, -0.15) is 5.10 Å².